The summed E-state index contributed by atoms with van der Waals surface area (Å²) < 4.78 is 11.9. The van der Waals surface area contributed by atoms with Gasteiger partial charge in [0.05, 0.1) is 19.4 Å². The van der Waals surface area contributed by atoms with E-state index in [0.717, 1.165) is 0 Å². The second kappa shape index (κ2) is 4.45. The molecule has 0 spiro atoms. The van der Waals surface area contributed by atoms with Crippen LogP contribution in [0.4, 0.5) is 0 Å². The number of pyridine rings is 1. The molecule has 0 N–H and O–H groups in total. The Morgan fingerprint density at radius 1 is 1.47 bits per heavy atom. The molecule has 17 heavy (non-hydrogen) atoms. The van der Waals surface area contributed by atoms with Gasteiger partial charge in [0.1, 0.15) is 5.65 Å². The van der Waals surface area contributed by atoms with Crippen molar-refractivity contribution in [2.24, 2.45) is 0 Å². The third-order valence-corrected chi connectivity index (χ3v) is 2.45. The van der Waals surface area contributed by atoms with E-state index in [0.29, 0.717) is 29.5 Å². The van der Waals surface area contributed by atoms with Gasteiger partial charge in [0.15, 0.2) is 11.6 Å². The Morgan fingerprint density at radius 2 is 2.24 bits per heavy atom. The van der Waals surface area contributed by atoms with Crippen molar-refractivity contribution in [3.63, 3.8) is 0 Å². The summed E-state index contributed by atoms with van der Waals surface area (Å²) >= 11 is 0. The Hall–Kier alpha value is -2.04. The van der Waals surface area contributed by atoms with Crippen molar-refractivity contribution in [3.8, 4) is 5.88 Å². The fraction of sp³-hybridized carbons (Fsp3) is 0.333. The summed E-state index contributed by atoms with van der Waals surface area (Å²) in [4.78, 5) is 16.0. The van der Waals surface area contributed by atoms with Crippen molar-refractivity contribution < 1.29 is 14.3 Å². The van der Waals surface area contributed by atoms with Crippen LogP contribution in [0.1, 0.15) is 23.1 Å². The number of aromatic nitrogens is 2. The van der Waals surface area contributed by atoms with Crippen molar-refractivity contribution in [2.45, 2.75) is 13.8 Å². The van der Waals surface area contributed by atoms with Crippen molar-refractivity contribution in [1.82, 2.24) is 9.38 Å². The van der Waals surface area contributed by atoms with Gasteiger partial charge in [-0.15, -0.1) is 0 Å². The van der Waals surface area contributed by atoms with E-state index in [4.69, 9.17) is 9.47 Å². The maximum atomic E-state index is 11.7. The molecule has 2 heterocycles. The molecular weight excluding hydrogens is 220 g/mol. The number of carbonyl (C=O) groups is 1. The number of esters is 1. The van der Waals surface area contributed by atoms with Gasteiger partial charge < -0.3 is 9.47 Å². The van der Waals surface area contributed by atoms with Gasteiger partial charge in [-0.1, -0.05) is 6.07 Å². The molecule has 0 atom stereocenters. The number of aryl methyl sites for hydroxylation is 1. The molecule has 0 aromatic carbocycles. The summed E-state index contributed by atoms with van der Waals surface area (Å²) in [6.07, 6.45) is 0. The molecule has 0 saturated heterocycles. The van der Waals surface area contributed by atoms with Gasteiger partial charge in [-0.25, -0.2) is 9.78 Å². The summed E-state index contributed by atoms with van der Waals surface area (Å²) in [5.41, 5.74) is 1.71. The quantitative estimate of drug-likeness (QED) is 0.760. The Labute approximate surface area is 99.0 Å². The fourth-order valence-corrected chi connectivity index (χ4v) is 1.77. The van der Waals surface area contributed by atoms with Crippen molar-refractivity contribution >= 4 is 11.6 Å². The predicted molar refractivity (Wildman–Crippen MR) is 62.4 cm³/mol. The van der Waals surface area contributed by atoms with Crippen LogP contribution >= 0.6 is 0 Å². The molecule has 0 aliphatic heterocycles. The second-order valence-electron chi connectivity index (χ2n) is 3.53. The Balaban J connectivity index is 2.72. The standard InChI is InChI=1S/C12H14N2O3/c1-4-17-10-7-5-6-9-13-8(2)11(14(9)10)12(15)16-3/h5-7H,4H2,1-3H3. The van der Waals surface area contributed by atoms with E-state index >= 15 is 0 Å². The fourth-order valence-electron chi connectivity index (χ4n) is 1.77. The molecule has 0 aliphatic rings. The molecule has 0 aliphatic carbocycles. The number of imidazole rings is 1. The minimum atomic E-state index is -0.415. The summed E-state index contributed by atoms with van der Waals surface area (Å²) in [6.45, 7) is 4.19. The molecule has 2 aromatic rings. The van der Waals surface area contributed by atoms with Crippen LogP contribution in [0, 0.1) is 6.92 Å². The molecule has 5 nitrogen and oxygen atoms in total. The monoisotopic (exact) mass is 234 g/mol. The number of carbonyl (C=O) groups excluding carboxylic acids is 1. The first-order valence-electron chi connectivity index (χ1n) is 5.38. The van der Waals surface area contributed by atoms with Crippen LogP contribution in [0.2, 0.25) is 0 Å². The summed E-state index contributed by atoms with van der Waals surface area (Å²) in [6, 6.07) is 5.46. The predicted octanol–water partition coefficient (Wildman–Crippen LogP) is 1.83. The average Bonchev–Trinajstić information content (AvgIpc) is 2.66. The van der Waals surface area contributed by atoms with Gasteiger partial charge in [-0.2, -0.15) is 0 Å². The molecular formula is C12H14N2O3. The highest BCUT2D eigenvalue weighted by molar-refractivity contribution is 5.90. The molecule has 2 aromatic heterocycles. The molecule has 5 heteroatoms. The largest absolute Gasteiger partial charge is 0.479 e. The third-order valence-electron chi connectivity index (χ3n) is 2.45. The lowest BCUT2D eigenvalue weighted by Crippen LogP contribution is -2.09. The Bertz CT molecular complexity index is 560. The van der Waals surface area contributed by atoms with Crippen LogP contribution in [-0.2, 0) is 4.74 Å². The number of methoxy groups -OCH3 is 1. The number of fused-ring (bicyclic) bond motifs is 1. The lowest BCUT2D eigenvalue weighted by molar-refractivity contribution is 0.0590. The topological polar surface area (TPSA) is 52.8 Å². The normalized spacial score (nSPS) is 10.5. The number of hydrogen-bond acceptors (Lipinski definition) is 4. The van der Waals surface area contributed by atoms with Crippen LogP contribution in [0.25, 0.3) is 5.65 Å². The molecule has 0 unspecified atom stereocenters. The molecule has 90 valence electrons. The van der Waals surface area contributed by atoms with Gasteiger partial charge >= 0.3 is 5.97 Å². The van der Waals surface area contributed by atoms with E-state index in [1.54, 1.807) is 17.4 Å². The SMILES string of the molecule is CCOc1cccc2nc(C)c(C(=O)OC)n12. The minimum Gasteiger partial charge on any atom is -0.479 e. The van der Waals surface area contributed by atoms with E-state index in [-0.39, 0.29) is 0 Å². The zero-order valence-corrected chi connectivity index (χ0v) is 10.1. The number of rotatable bonds is 3. The smallest absolute Gasteiger partial charge is 0.357 e. The molecule has 0 radical (unpaired) electrons. The van der Waals surface area contributed by atoms with Gasteiger partial charge in [0.2, 0.25) is 0 Å². The van der Waals surface area contributed by atoms with Gasteiger partial charge in [-0.05, 0) is 26.0 Å². The first-order chi connectivity index (χ1) is 8.19. The lowest BCUT2D eigenvalue weighted by atomic mass is 10.3. The van der Waals surface area contributed by atoms with Gasteiger partial charge in [-0.3, -0.25) is 4.40 Å². The molecule has 0 bridgehead atoms. The summed E-state index contributed by atoms with van der Waals surface area (Å²) in [7, 11) is 1.35. The Kier molecular flexibility index (Phi) is 2.99. The van der Waals surface area contributed by atoms with Crippen LogP contribution < -0.4 is 4.74 Å². The number of ether oxygens (including phenoxy) is 2. The third kappa shape index (κ3) is 1.84. The van der Waals surface area contributed by atoms with Crippen molar-refractivity contribution in [1.29, 1.82) is 0 Å². The molecule has 0 saturated carbocycles. The molecule has 0 fully saturated rings. The maximum Gasteiger partial charge on any atom is 0.357 e. The van der Waals surface area contributed by atoms with Gasteiger partial charge in [0.25, 0.3) is 0 Å². The van der Waals surface area contributed by atoms with Crippen molar-refractivity contribution in [2.75, 3.05) is 13.7 Å². The molecule has 0 amide bonds. The van der Waals surface area contributed by atoms with Crippen LogP contribution in [0.3, 0.4) is 0 Å². The molecule has 2 rings (SSSR count). The average molecular weight is 234 g/mol. The van der Waals surface area contributed by atoms with E-state index in [1.807, 2.05) is 19.1 Å². The Morgan fingerprint density at radius 3 is 2.88 bits per heavy atom. The van der Waals surface area contributed by atoms with E-state index in [2.05, 4.69) is 4.98 Å². The minimum absolute atomic E-state index is 0.409. The first kappa shape index (κ1) is 11.4. The summed E-state index contributed by atoms with van der Waals surface area (Å²) in [5.74, 6) is 0.174. The number of nitrogens with zero attached hydrogens (tertiary/aromatic N) is 2. The highest BCUT2D eigenvalue weighted by Crippen LogP contribution is 2.20. The summed E-state index contributed by atoms with van der Waals surface area (Å²) in [5, 5.41) is 0. The highest BCUT2D eigenvalue weighted by Gasteiger charge is 2.19. The zero-order valence-electron chi connectivity index (χ0n) is 10.1. The van der Waals surface area contributed by atoms with Gasteiger partial charge in [0, 0.05) is 0 Å². The van der Waals surface area contributed by atoms with Crippen molar-refractivity contribution in [3.05, 3.63) is 29.6 Å². The second-order valence-corrected chi connectivity index (χ2v) is 3.53. The lowest BCUT2D eigenvalue weighted by Gasteiger charge is -2.08. The first-order valence-corrected chi connectivity index (χ1v) is 5.38. The van der Waals surface area contributed by atoms with E-state index < -0.39 is 5.97 Å². The maximum absolute atomic E-state index is 11.7. The van der Waals surface area contributed by atoms with Crippen LogP contribution in [-0.4, -0.2) is 29.1 Å². The zero-order chi connectivity index (χ0) is 12.4. The highest BCUT2D eigenvalue weighted by atomic mass is 16.5. The number of hydrogen-bond donors (Lipinski definition) is 0. The van der Waals surface area contributed by atoms with E-state index in [1.165, 1.54) is 7.11 Å². The van der Waals surface area contributed by atoms with Crippen LogP contribution in [0.5, 0.6) is 5.88 Å². The van der Waals surface area contributed by atoms with Crippen LogP contribution in [0.15, 0.2) is 18.2 Å². The van der Waals surface area contributed by atoms with E-state index in [9.17, 15) is 4.79 Å².